The van der Waals surface area contributed by atoms with Gasteiger partial charge < -0.3 is 15.6 Å². The molecule has 7 heteroatoms. The zero-order valence-corrected chi connectivity index (χ0v) is 10.5. The van der Waals surface area contributed by atoms with Crippen LogP contribution in [0.1, 0.15) is 12.8 Å². The second kappa shape index (κ2) is 4.25. The van der Waals surface area contributed by atoms with E-state index in [9.17, 15) is 14.7 Å². The van der Waals surface area contributed by atoms with Crippen molar-refractivity contribution in [3.8, 4) is 0 Å². The van der Waals surface area contributed by atoms with Gasteiger partial charge in [-0.1, -0.05) is 0 Å². The number of hydrogen-bond donors (Lipinski definition) is 2. The number of ether oxygens (including phenoxy) is 1. The van der Waals surface area contributed by atoms with Crippen molar-refractivity contribution in [2.45, 2.75) is 30.4 Å². The van der Waals surface area contributed by atoms with E-state index in [1.165, 1.54) is 16.7 Å². The second-order valence-electron chi connectivity index (χ2n) is 4.62. The van der Waals surface area contributed by atoms with Crippen molar-refractivity contribution in [3.63, 3.8) is 0 Å². The Balaban J connectivity index is 1.97. The van der Waals surface area contributed by atoms with Gasteiger partial charge in [0.05, 0.1) is 6.10 Å². The molecule has 18 heavy (non-hydrogen) atoms. The molecule has 3 unspecified atom stereocenters. The second-order valence-corrected chi connectivity index (χ2v) is 5.72. The molecule has 0 aromatic carbocycles. The number of thioether (sulfide) groups is 1. The molecule has 2 fully saturated rings. The fourth-order valence-corrected chi connectivity index (χ4v) is 3.99. The molecule has 0 aromatic rings. The van der Waals surface area contributed by atoms with E-state index in [0.717, 1.165) is 18.4 Å². The first-order valence-electron chi connectivity index (χ1n) is 5.89. The number of amides is 1. The van der Waals surface area contributed by atoms with Gasteiger partial charge in [0.1, 0.15) is 17.1 Å². The van der Waals surface area contributed by atoms with Crippen molar-refractivity contribution in [1.29, 1.82) is 0 Å². The number of β-lactam (4-membered cyclic amide) rings is 1. The highest BCUT2D eigenvalue weighted by atomic mass is 32.2. The third kappa shape index (κ3) is 1.58. The fourth-order valence-electron chi connectivity index (χ4n) is 2.64. The average Bonchev–Trinajstić information content (AvgIpc) is 2.89. The van der Waals surface area contributed by atoms with Crippen LogP contribution in [0.15, 0.2) is 11.3 Å². The molecule has 0 aliphatic carbocycles. The third-order valence-electron chi connectivity index (χ3n) is 3.56. The monoisotopic (exact) mass is 270 g/mol. The summed E-state index contributed by atoms with van der Waals surface area (Å²) in [5.41, 5.74) is 6.50. The van der Waals surface area contributed by atoms with E-state index in [2.05, 4.69) is 0 Å². The predicted molar refractivity (Wildman–Crippen MR) is 64.7 cm³/mol. The number of nitrogens with zero attached hydrogens (tertiary/aromatic N) is 1. The van der Waals surface area contributed by atoms with Crippen LogP contribution in [0.3, 0.4) is 0 Å². The number of nitrogens with two attached hydrogens (primary N) is 1. The summed E-state index contributed by atoms with van der Waals surface area (Å²) in [6.07, 6.45) is 1.60. The van der Waals surface area contributed by atoms with Gasteiger partial charge in [-0.25, -0.2) is 4.79 Å². The largest absolute Gasteiger partial charge is 0.477 e. The number of carboxylic acids is 1. The normalized spacial score (nSPS) is 35.5. The highest BCUT2D eigenvalue weighted by molar-refractivity contribution is 8.00. The maximum Gasteiger partial charge on any atom is 0.352 e. The number of carbonyl (C=O) groups excluding carboxylic acids is 1. The summed E-state index contributed by atoms with van der Waals surface area (Å²) < 4.78 is 5.54. The Labute approximate surface area is 108 Å². The lowest BCUT2D eigenvalue weighted by atomic mass is 10.00. The lowest BCUT2D eigenvalue weighted by Crippen LogP contribution is -2.68. The minimum absolute atomic E-state index is 0.0948. The molecule has 3 N–H and O–H groups in total. The fraction of sp³-hybridized carbons (Fsp3) is 0.636. The molecule has 98 valence electrons. The average molecular weight is 270 g/mol. The summed E-state index contributed by atoms with van der Waals surface area (Å²) >= 11 is 1.52. The van der Waals surface area contributed by atoms with Crippen LogP contribution in [0.5, 0.6) is 0 Å². The minimum atomic E-state index is -1.06. The van der Waals surface area contributed by atoms with Crippen LogP contribution >= 0.6 is 11.8 Å². The maximum absolute atomic E-state index is 11.7. The van der Waals surface area contributed by atoms with E-state index in [4.69, 9.17) is 10.5 Å². The van der Waals surface area contributed by atoms with Crippen molar-refractivity contribution in [1.82, 2.24) is 4.90 Å². The van der Waals surface area contributed by atoms with Gasteiger partial charge in [0.15, 0.2) is 0 Å². The van der Waals surface area contributed by atoms with Gasteiger partial charge in [-0.15, -0.1) is 11.8 Å². The van der Waals surface area contributed by atoms with Crippen molar-refractivity contribution >= 4 is 23.6 Å². The summed E-state index contributed by atoms with van der Waals surface area (Å²) in [5, 5.41) is 9.11. The van der Waals surface area contributed by atoms with E-state index in [0.29, 0.717) is 12.4 Å². The quantitative estimate of drug-likeness (QED) is 0.672. The molecule has 1 amide bonds. The van der Waals surface area contributed by atoms with E-state index in [1.54, 1.807) is 0 Å². The summed E-state index contributed by atoms with van der Waals surface area (Å²) in [6.45, 7) is 0.655. The molecule has 0 saturated carbocycles. The molecule has 0 radical (unpaired) electrons. The zero-order chi connectivity index (χ0) is 12.9. The number of rotatable bonds is 2. The highest BCUT2D eigenvalue weighted by Gasteiger charge is 2.52. The van der Waals surface area contributed by atoms with Gasteiger partial charge in [0.25, 0.3) is 0 Å². The zero-order valence-electron chi connectivity index (χ0n) is 9.67. The Morgan fingerprint density at radius 2 is 2.33 bits per heavy atom. The van der Waals surface area contributed by atoms with Crippen molar-refractivity contribution < 1.29 is 19.4 Å². The molecule has 0 spiro atoms. The summed E-state index contributed by atoms with van der Waals surface area (Å²) in [4.78, 5) is 24.4. The SMILES string of the molecule is NC1C(=O)N2C(C(=O)O)=C(C3CCCO3)CSC12. The Hall–Kier alpha value is -1.05. The van der Waals surface area contributed by atoms with Crippen LogP contribution in [0.4, 0.5) is 0 Å². The Morgan fingerprint density at radius 1 is 1.56 bits per heavy atom. The molecule has 0 aromatic heterocycles. The van der Waals surface area contributed by atoms with Crippen molar-refractivity contribution in [3.05, 3.63) is 11.3 Å². The van der Waals surface area contributed by atoms with Gasteiger partial charge in [-0.3, -0.25) is 9.69 Å². The topological polar surface area (TPSA) is 92.9 Å². The van der Waals surface area contributed by atoms with E-state index in [1.807, 2.05) is 0 Å². The molecule has 3 rings (SSSR count). The number of carboxylic acid groups (broad SMARTS) is 1. The minimum Gasteiger partial charge on any atom is -0.477 e. The number of fused-ring (bicyclic) bond motifs is 1. The molecule has 3 aliphatic heterocycles. The van der Waals surface area contributed by atoms with Crippen LogP contribution in [-0.4, -0.2) is 51.8 Å². The lowest BCUT2D eigenvalue weighted by Gasteiger charge is -2.48. The first kappa shape index (κ1) is 12.0. The molecule has 3 aliphatic rings. The lowest BCUT2D eigenvalue weighted by molar-refractivity contribution is -0.148. The number of carbonyl (C=O) groups is 2. The van der Waals surface area contributed by atoms with Gasteiger partial charge in [-0.05, 0) is 18.4 Å². The van der Waals surface area contributed by atoms with E-state index in [-0.39, 0.29) is 23.1 Å². The van der Waals surface area contributed by atoms with Crippen LogP contribution in [0, 0.1) is 0 Å². The molecule has 2 saturated heterocycles. The third-order valence-corrected chi connectivity index (χ3v) is 4.88. The van der Waals surface area contributed by atoms with Crippen molar-refractivity contribution in [2.24, 2.45) is 5.73 Å². The van der Waals surface area contributed by atoms with Crippen LogP contribution in [0.25, 0.3) is 0 Å². The molecular formula is C11H14N2O4S. The summed E-state index contributed by atoms with van der Waals surface area (Å²) in [7, 11) is 0. The Morgan fingerprint density at radius 3 is 2.94 bits per heavy atom. The molecular weight excluding hydrogens is 256 g/mol. The first-order chi connectivity index (χ1) is 8.61. The van der Waals surface area contributed by atoms with Gasteiger partial charge in [-0.2, -0.15) is 0 Å². The van der Waals surface area contributed by atoms with Crippen molar-refractivity contribution in [2.75, 3.05) is 12.4 Å². The van der Waals surface area contributed by atoms with Crippen LogP contribution in [-0.2, 0) is 14.3 Å². The summed E-state index contributed by atoms with van der Waals surface area (Å²) in [5.74, 6) is -0.791. The van der Waals surface area contributed by atoms with E-state index >= 15 is 0 Å². The predicted octanol–water partition coefficient (Wildman–Crippen LogP) is -0.253. The van der Waals surface area contributed by atoms with Gasteiger partial charge in [0, 0.05) is 12.4 Å². The number of aliphatic carboxylic acids is 1. The Bertz CT molecular complexity index is 444. The molecule has 3 atom stereocenters. The molecule has 0 bridgehead atoms. The highest BCUT2D eigenvalue weighted by Crippen LogP contribution is 2.41. The number of hydrogen-bond acceptors (Lipinski definition) is 5. The molecule has 3 heterocycles. The van der Waals surface area contributed by atoms with E-state index < -0.39 is 12.0 Å². The Kier molecular flexibility index (Phi) is 2.84. The molecule has 6 nitrogen and oxygen atoms in total. The smallest absolute Gasteiger partial charge is 0.352 e. The van der Waals surface area contributed by atoms with Gasteiger partial charge in [0.2, 0.25) is 5.91 Å². The van der Waals surface area contributed by atoms with Gasteiger partial charge >= 0.3 is 5.97 Å². The van der Waals surface area contributed by atoms with Crippen LogP contribution in [0.2, 0.25) is 0 Å². The van der Waals surface area contributed by atoms with Crippen LogP contribution < -0.4 is 5.73 Å². The summed E-state index contributed by atoms with van der Waals surface area (Å²) in [6, 6.07) is -0.574. The standard InChI is InChI=1S/C11H14N2O4S/c12-7-9(14)13-8(11(15)16)5(4-18-10(7)13)6-2-1-3-17-6/h6-7,10H,1-4,12H2,(H,15,16). The first-order valence-corrected chi connectivity index (χ1v) is 6.94. The maximum atomic E-state index is 11.7.